The molecule has 4 rings (SSSR count). The highest BCUT2D eigenvalue weighted by Gasteiger charge is 2.25. The maximum Gasteiger partial charge on any atom is 0.254 e. The van der Waals surface area contributed by atoms with Gasteiger partial charge in [-0.05, 0) is 72.2 Å². The summed E-state index contributed by atoms with van der Waals surface area (Å²) in [6, 6.07) is 12.9. The van der Waals surface area contributed by atoms with Gasteiger partial charge >= 0.3 is 0 Å². The lowest BCUT2D eigenvalue weighted by atomic mass is 10.2. The lowest BCUT2D eigenvalue weighted by molar-refractivity contribution is 0.0734. The summed E-state index contributed by atoms with van der Waals surface area (Å²) in [5.41, 5.74) is 2.34. The quantitative estimate of drug-likeness (QED) is 0.342. The van der Waals surface area contributed by atoms with Crippen LogP contribution >= 0.6 is 22.6 Å². The van der Waals surface area contributed by atoms with Gasteiger partial charge in [0.05, 0.1) is 17.6 Å². The van der Waals surface area contributed by atoms with Crippen LogP contribution in [0.25, 0.3) is 11.0 Å². The summed E-state index contributed by atoms with van der Waals surface area (Å²) < 4.78 is 17.2. The molecule has 1 aromatic heterocycles. The van der Waals surface area contributed by atoms with E-state index in [9.17, 15) is 9.18 Å². The summed E-state index contributed by atoms with van der Waals surface area (Å²) in [5, 5.41) is 0. The summed E-state index contributed by atoms with van der Waals surface area (Å²) in [5.74, 6) is 0.610. The van der Waals surface area contributed by atoms with E-state index in [2.05, 4.69) is 34.1 Å². The molecule has 1 saturated carbocycles. The molecule has 1 aliphatic carbocycles. The molecule has 0 radical (unpaired) electrons. The zero-order valence-corrected chi connectivity index (χ0v) is 19.4. The summed E-state index contributed by atoms with van der Waals surface area (Å²) >= 11 is 2.24. The minimum Gasteiger partial charge on any atom is -0.331 e. The number of imidazole rings is 1. The van der Waals surface area contributed by atoms with Gasteiger partial charge in [-0.1, -0.05) is 32.3 Å². The normalized spacial score (nSPS) is 14.5. The molecule has 1 aliphatic rings. The van der Waals surface area contributed by atoms with Crippen molar-refractivity contribution < 1.29 is 9.18 Å². The molecule has 0 bridgehead atoms. The van der Waals surface area contributed by atoms with E-state index < -0.39 is 0 Å². The molecule has 2 aromatic carbocycles. The van der Waals surface area contributed by atoms with Crippen LogP contribution in [0, 0.1) is 9.39 Å². The summed E-state index contributed by atoms with van der Waals surface area (Å²) in [7, 11) is 0. The van der Waals surface area contributed by atoms with Gasteiger partial charge in [-0.25, -0.2) is 9.37 Å². The lowest BCUT2D eigenvalue weighted by Crippen LogP contribution is -2.33. The fourth-order valence-corrected chi connectivity index (χ4v) is 4.92. The van der Waals surface area contributed by atoms with E-state index in [1.165, 1.54) is 25.0 Å². The smallest absolute Gasteiger partial charge is 0.254 e. The minimum atomic E-state index is -0.275. The van der Waals surface area contributed by atoms with Crippen LogP contribution in [0.2, 0.25) is 0 Å². The minimum absolute atomic E-state index is 0.0261. The third kappa shape index (κ3) is 4.53. The first kappa shape index (κ1) is 21.3. The Hall–Kier alpha value is -1.96. The van der Waals surface area contributed by atoms with Crippen molar-refractivity contribution in [2.45, 2.75) is 58.0 Å². The first-order valence-corrected chi connectivity index (χ1v) is 11.9. The molecule has 3 aromatic rings. The molecule has 0 aliphatic heterocycles. The van der Waals surface area contributed by atoms with Gasteiger partial charge < -0.3 is 9.47 Å². The van der Waals surface area contributed by atoms with Gasteiger partial charge in [-0.15, -0.1) is 0 Å². The van der Waals surface area contributed by atoms with Crippen LogP contribution in [0.3, 0.4) is 0 Å². The number of fused-ring (bicyclic) bond motifs is 1. The summed E-state index contributed by atoms with van der Waals surface area (Å²) in [6.07, 6.45) is 6.57. The maximum absolute atomic E-state index is 13.9. The van der Waals surface area contributed by atoms with Crippen molar-refractivity contribution in [3.05, 3.63) is 63.2 Å². The molecule has 30 heavy (non-hydrogen) atoms. The Morgan fingerprint density at radius 1 is 1.23 bits per heavy atom. The van der Waals surface area contributed by atoms with Gasteiger partial charge in [-0.2, -0.15) is 0 Å². The highest BCUT2D eigenvalue weighted by Crippen LogP contribution is 2.34. The molecule has 0 saturated heterocycles. The Labute approximate surface area is 190 Å². The molecule has 0 spiro atoms. The summed E-state index contributed by atoms with van der Waals surface area (Å²) in [4.78, 5) is 20.0. The Morgan fingerprint density at radius 3 is 2.77 bits per heavy atom. The first-order valence-electron chi connectivity index (χ1n) is 10.8. The van der Waals surface area contributed by atoms with E-state index in [4.69, 9.17) is 4.98 Å². The van der Waals surface area contributed by atoms with Crippen molar-refractivity contribution in [1.29, 1.82) is 0 Å². The van der Waals surface area contributed by atoms with E-state index in [0.717, 1.165) is 40.6 Å². The number of unbranched alkanes of at least 4 members (excludes halogenated alkanes) is 1. The monoisotopic (exact) mass is 519 g/mol. The third-order valence-electron chi connectivity index (χ3n) is 5.89. The topological polar surface area (TPSA) is 38.1 Å². The number of aromatic nitrogens is 2. The van der Waals surface area contributed by atoms with E-state index in [1.807, 2.05) is 35.2 Å². The zero-order chi connectivity index (χ0) is 21.1. The first-order chi connectivity index (χ1) is 14.6. The number of halogens is 2. The number of rotatable bonds is 7. The third-order valence-corrected chi connectivity index (χ3v) is 6.56. The molecule has 0 atom stereocenters. The molecule has 1 heterocycles. The second-order valence-electron chi connectivity index (χ2n) is 8.06. The predicted molar refractivity (Wildman–Crippen MR) is 126 cm³/mol. The van der Waals surface area contributed by atoms with Gasteiger partial charge in [0, 0.05) is 27.8 Å². The van der Waals surface area contributed by atoms with Crippen molar-refractivity contribution >= 4 is 39.5 Å². The van der Waals surface area contributed by atoms with Crippen LogP contribution in [0.1, 0.15) is 67.7 Å². The Kier molecular flexibility index (Phi) is 6.71. The summed E-state index contributed by atoms with van der Waals surface area (Å²) in [6.45, 7) is 3.25. The Morgan fingerprint density at radius 2 is 2.03 bits per heavy atom. The van der Waals surface area contributed by atoms with Crippen LogP contribution in [0.4, 0.5) is 4.39 Å². The average molecular weight is 519 g/mol. The number of carbonyl (C=O) groups excluding carboxylic acids is 1. The number of benzene rings is 2. The molecule has 1 amide bonds. The van der Waals surface area contributed by atoms with E-state index in [-0.39, 0.29) is 11.7 Å². The van der Waals surface area contributed by atoms with E-state index >= 15 is 0 Å². The van der Waals surface area contributed by atoms with Gasteiger partial charge in [0.25, 0.3) is 5.91 Å². The van der Waals surface area contributed by atoms with Gasteiger partial charge in [0.1, 0.15) is 11.6 Å². The fraction of sp³-hybridized carbons (Fsp3) is 0.417. The van der Waals surface area contributed by atoms with Crippen molar-refractivity contribution in [3.8, 4) is 0 Å². The zero-order valence-electron chi connectivity index (χ0n) is 17.3. The molecule has 1 fully saturated rings. The van der Waals surface area contributed by atoms with Gasteiger partial charge in [0.15, 0.2) is 0 Å². The maximum atomic E-state index is 13.9. The molecule has 158 valence electrons. The van der Waals surface area contributed by atoms with Crippen molar-refractivity contribution in [2.75, 3.05) is 6.54 Å². The standard InChI is InChI=1S/C24H27FIN3O/c1-2-3-13-28(24(30)17-7-6-8-19(26)14-17)16-23-27-21-15-18(25)11-12-22(21)29(23)20-9-4-5-10-20/h6-8,11-12,14-15,20H,2-5,9-10,13,16H2,1H3. The molecular weight excluding hydrogens is 492 g/mol. The number of amides is 1. The number of carbonyl (C=O) groups is 1. The second kappa shape index (κ2) is 9.45. The predicted octanol–water partition coefficient (Wildman–Crippen LogP) is 6.34. The molecule has 4 nitrogen and oxygen atoms in total. The van der Waals surface area contributed by atoms with Crippen LogP contribution in [0.15, 0.2) is 42.5 Å². The van der Waals surface area contributed by atoms with Gasteiger partial charge in [-0.3, -0.25) is 4.79 Å². The van der Waals surface area contributed by atoms with Crippen LogP contribution in [-0.4, -0.2) is 26.9 Å². The number of hydrogen-bond donors (Lipinski definition) is 0. The molecule has 0 N–H and O–H groups in total. The number of nitrogens with zero attached hydrogens (tertiary/aromatic N) is 3. The van der Waals surface area contributed by atoms with Gasteiger partial charge in [0.2, 0.25) is 0 Å². The van der Waals surface area contributed by atoms with Crippen LogP contribution < -0.4 is 0 Å². The highest BCUT2D eigenvalue weighted by atomic mass is 127. The van der Waals surface area contributed by atoms with E-state index in [1.54, 1.807) is 0 Å². The highest BCUT2D eigenvalue weighted by molar-refractivity contribution is 14.1. The van der Waals surface area contributed by atoms with Crippen molar-refractivity contribution in [2.24, 2.45) is 0 Å². The molecule has 6 heteroatoms. The largest absolute Gasteiger partial charge is 0.331 e. The number of hydrogen-bond acceptors (Lipinski definition) is 2. The van der Waals surface area contributed by atoms with Crippen molar-refractivity contribution in [3.63, 3.8) is 0 Å². The lowest BCUT2D eigenvalue weighted by Gasteiger charge is -2.24. The fourth-order valence-electron chi connectivity index (χ4n) is 4.38. The second-order valence-corrected chi connectivity index (χ2v) is 9.31. The average Bonchev–Trinajstić information content (AvgIpc) is 3.37. The van der Waals surface area contributed by atoms with Crippen molar-refractivity contribution in [1.82, 2.24) is 14.5 Å². The van der Waals surface area contributed by atoms with E-state index in [0.29, 0.717) is 30.2 Å². The SMILES string of the molecule is CCCCN(Cc1nc2cc(F)ccc2n1C1CCCC1)C(=O)c1cccc(I)c1. The Balaban J connectivity index is 1.71. The molecule has 0 unspecified atom stereocenters. The molecular formula is C24H27FIN3O. The van der Waals surface area contributed by atoms with Crippen LogP contribution in [-0.2, 0) is 6.54 Å². The van der Waals surface area contributed by atoms with Crippen LogP contribution in [0.5, 0.6) is 0 Å². The Bertz CT molecular complexity index is 1040.